The zero-order chi connectivity index (χ0) is 13.2. The Morgan fingerprint density at radius 1 is 1.05 bits per heavy atom. The lowest BCUT2D eigenvalue weighted by molar-refractivity contribution is 0.0390. The summed E-state index contributed by atoms with van der Waals surface area (Å²) in [5, 5.41) is 0. The van der Waals surface area contributed by atoms with Crippen molar-refractivity contribution in [3.63, 3.8) is 0 Å². The van der Waals surface area contributed by atoms with Crippen LogP contribution < -0.4 is 0 Å². The second-order valence-electron chi connectivity index (χ2n) is 5.80. The van der Waals surface area contributed by atoms with E-state index in [1.807, 2.05) is 24.3 Å². The van der Waals surface area contributed by atoms with Crippen LogP contribution in [0.1, 0.15) is 48.9 Å². The van der Waals surface area contributed by atoms with E-state index < -0.39 is 0 Å². The van der Waals surface area contributed by atoms with E-state index in [4.69, 9.17) is 0 Å². The Balaban J connectivity index is 1.79. The highest BCUT2D eigenvalue weighted by molar-refractivity contribution is 7.80. The van der Waals surface area contributed by atoms with Crippen molar-refractivity contribution >= 4 is 18.5 Å². The number of fused-ring (bicyclic) bond motifs is 1. The molecule has 1 aliphatic heterocycles. The van der Waals surface area contributed by atoms with E-state index in [9.17, 15) is 4.79 Å². The lowest BCUT2D eigenvalue weighted by atomic mass is 9.78. The number of benzene rings is 1. The Kier molecular flexibility index (Phi) is 3.83. The summed E-state index contributed by atoms with van der Waals surface area (Å²) in [6.45, 7) is 0.933. The number of likely N-dealkylation sites (tertiary alicyclic amines) is 1. The smallest absolute Gasteiger partial charge is 0.254 e. The molecule has 2 nitrogen and oxygen atoms in total. The molecule has 2 fully saturated rings. The fourth-order valence-corrected chi connectivity index (χ4v) is 3.80. The van der Waals surface area contributed by atoms with Gasteiger partial charge in [-0.05, 0) is 55.9 Å². The average molecular weight is 275 g/mol. The summed E-state index contributed by atoms with van der Waals surface area (Å²) in [5.74, 6) is 0.959. The molecule has 1 heterocycles. The van der Waals surface area contributed by atoms with Gasteiger partial charge in [-0.2, -0.15) is 0 Å². The Morgan fingerprint density at radius 2 is 1.74 bits per heavy atom. The summed E-state index contributed by atoms with van der Waals surface area (Å²) in [6.07, 6.45) is 7.60. The van der Waals surface area contributed by atoms with Crippen molar-refractivity contribution in [2.24, 2.45) is 5.92 Å². The SMILES string of the molecule is O=C(c1ccc(S)cc1)N1CCCC2CCCCC21. The number of carbonyl (C=O) groups excluding carboxylic acids is 1. The van der Waals surface area contributed by atoms with Gasteiger partial charge in [0, 0.05) is 23.0 Å². The number of nitrogens with zero attached hydrogens (tertiary/aromatic N) is 1. The molecule has 3 heteroatoms. The normalized spacial score (nSPS) is 26.9. The van der Waals surface area contributed by atoms with Gasteiger partial charge in [0.05, 0.1) is 0 Å². The fourth-order valence-electron chi connectivity index (χ4n) is 3.65. The fraction of sp³-hybridized carbons (Fsp3) is 0.562. The first kappa shape index (κ1) is 13.0. The molecule has 2 atom stereocenters. The molecule has 102 valence electrons. The molecule has 1 aliphatic carbocycles. The van der Waals surface area contributed by atoms with Crippen LogP contribution >= 0.6 is 12.6 Å². The van der Waals surface area contributed by atoms with Gasteiger partial charge in [0.2, 0.25) is 0 Å². The van der Waals surface area contributed by atoms with Gasteiger partial charge in [-0.15, -0.1) is 12.6 Å². The first-order valence-corrected chi connectivity index (χ1v) is 7.80. The number of carbonyl (C=O) groups is 1. The predicted molar refractivity (Wildman–Crippen MR) is 79.7 cm³/mol. The highest BCUT2D eigenvalue weighted by atomic mass is 32.1. The van der Waals surface area contributed by atoms with Crippen LogP contribution in [-0.2, 0) is 0 Å². The Hall–Kier alpha value is -0.960. The minimum Gasteiger partial charge on any atom is -0.335 e. The number of piperidine rings is 1. The van der Waals surface area contributed by atoms with Crippen LogP contribution in [0.2, 0.25) is 0 Å². The highest BCUT2D eigenvalue weighted by Crippen LogP contribution is 2.35. The Bertz CT molecular complexity index is 454. The Morgan fingerprint density at radius 3 is 2.53 bits per heavy atom. The largest absolute Gasteiger partial charge is 0.335 e. The van der Waals surface area contributed by atoms with Crippen LogP contribution in [0.25, 0.3) is 0 Å². The van der Waals surface area contributed by atoms with Gasteiger partial charge in [0.1, 0.15) is 0 Å². The van der Waals surface area contributed by atoms with Crippen molar-refractivity contribution in [3.8, 4) is 0 Å². The van der Waals surface area contributed by atoms with E-state index in [0.29, 0.717) is 6.04 Å². The average Bonchev–Trinajstić information content (AvgIpc) is 2.47. The molecule has 1 saturated carbocycles. The summed E-state index contributed by atoms with van der Waals surface area (Å²) < 4.78 is 0. The predicted octanol–water partition coefficient (Wildman–Crippen LogP) is 3.77. The third-order valence-corrected chi connectivity index (χ3v) is 4.92. The maximum absolute atomic E-state index is 12.7. The highest BCUT2D eigenvalue weighted by Gasteiger charge is 2.35. The van der Waals surface area contributed by atoms with Crippen molar-refractivity contribution in [3.05, 3.63) is 29.8 Å². The van der Waals surface area contributed by atoms with Crippen LogP contribution in [0.5, 0.6) is 0 Å². The minimum atomic E-state index is 0.213. The molecule has 0 radical (unpaired) electrons. The third-order valence-electron chi connectivity index (χ3n) is 4.62. The van der Waals surface area contributed by atoms with Gasteiger partial charge in [-0.1, -0.05) is 12.8 Å². The number of amides is 1. The van der Waals surface area contributed by atoms with Gasteiger partial charge in [-0.25, -0.2) is 0 Å². The van der Waals surface area contributed by atoms with Gasteiger partial charge in [-0.3, -0.25) is 4.79 Å². The number of hydrogen-bond acceptors (Lipinski definition) is 2. The van der Waals surface area contributed by atoms with Crippen molar-refractivity contribution < 1.29 is 4.79 Å². The molecule has 19 heavy (non-hydrogen) atoms. The van der Waals surface area contributed by atoms with Crippen molar-refractivity contribution in [1.82, 2.24) is 4.90 Å². The molecule has 1 saturated heterocycles. The van der Waals surface area contributed by atoms with Crippen molar-refractivity contribution in [2.45, 2.75) is 49.5 Å². The summed E-state index contributed by atoms with van der Waals surface area (Å²) >= 11 is 4.28. The van der Waals surface area contributed by atoms with Crippen LogP contribution in [0.15, 0.2) is 29.2 Å². The summed E-state index contributed by atoms with van der Waals surface area (Å²) in [5.41, 5.74) is 0.809. The van der Waals surface area contributed by atoms with Crippen LogP contribution in [-0.4, -0.2) is 23.4 Å². The number of hydrogen-bond donors (Lipinski definition) is 1. The standard InChI is InChI=1S/C16H21NOS/c18-16(13-7-9-14(19)10-8-13)17-11-3-5-12-4-1-2-6-15(12)17/h7-10,12,15,19H,1-6,11H2. The molecule has 1 amide bonds. The minimum absolute atomic E-state index is 0.213. The molecule has 3 rings (SSSR count). The summed E-state index contributed by atoms with van der Waals surface area (Å²) in [4.78, 5) is 15.7. The first-order chi connectivity index (χ1) is 9.25. The van der Waals surface area contributed by atoms with E-state index in [1.54, 1.807) is 0 Å². The van der Waals surface area contributed by atoms with Gasteiger partial charge >= 0.3 is 0 Å². The van der Waals surface area contributed by atoms with Gasteiger partial charge in [0.25, 0.3) is 5.91 Å². The number of rotatable bonds is 1. The molecule has 0 bridgehead atoms. The Labute approximate surface area is 120 Å². The van der Waals surface area contributed by atoms with E-state index in [1.165, 1.54) is 32.1 Å². The topological polar surface area (TPSA) is 20.3 Å². The molecule has 0 aromatic heterocycles. The summed E-state index contributed by atoms with van der Waals surface area (Å²) in [6, 6.07) is 8.09. The molecule has 1 aromatic rings. The van der Waals surface area contributed by atoms with E-state index in [-0.39, 0.29) is 5.91 Å². The monoisotopic (exact) mass is 275 g/mol. The molecule has 2 unspecified atom stereocenters. The van der Waals surface area contributed by atoms with Crippen LogP contribution in [0, 0.1) is 5.92 Å². The van der Waals surface area contributed by atoms with E-state index >= 15 is 0 Å². The first-order valence-electron chi connectivity index (χ1n) is 7.36. The maximum atomic E-state index is 12.7. The molecular weight excluding hydrogens is 254 g/mol. The summed E-state index contributed by atoms with van der Waals surface area (Å²) in [7, 11) is 0. The lowest BCUT2D eigenvalue weighted by Crippen LogP contribution is -2.49. The van der Waals surface area contributed by atoms with Crippen molar-refractivity contribution in [2.75, 3.05) is 6.54 Å². The number of thiol groups is 1. The second-order valence-corrected chi connectivity index (χ2v) is 6.32. The van der Waals surface area contributed by atoms with Crippen LogP contribution in [0.4, 0.5) is 0 Å². The van der Waals surface area contributed by atoms with Gasteiger partial charge < -0.3 is 4.90 Å². The molecular formula is C16H21NOS. The third kappa shape index (κ3) is 2.66. The molecule has 1 aromatic carbocycles. The molecule has 0 spiro atoms. The van der Waals surface area contributed by atoms with E-state index in [2.05, 4.69) is 17.5 Å². The second kappa shape index (κ2) is 5.58. The lowest BCUT2D eigenvalue weighted by Gasteiger charge is -2.44. The zero-order valence-corrected chi connectivity index (χ0v) is 12.1. The van der Waals surface area contributed by atoms with E-state index in [0.717, 1.165) is 29.3 Å². The maximum Gasteiger partial charge on any atom is 0.254 e. The molecule has 2 aliphatic rings. The van der Waals surface area contributed by atoms with Crippen molar-refractivity contribution in [1.29, 1.82) is 0 Å². The molecule has 0 N–H and O–H groups in total. The van der Waals surface area contributed by atoms with Crippen LogP contribution in [0.3, 0.4) is 0 Å². The quantitative estimate of drug-likeness (QED) is 0.774. The zero-order valence-electron chi connectivity index (χ0n) is 11.2. The van der Waals surface area contributed by atoms with Gasteiger partial charge in [0.15, 0.2) is 0 Å².